The van der Waals surface area contributed by atoms with E-state index in [0.717, 1.165) is 18.0 Å². The van der Waals surface area contributed by atoms with Crippen LogP contribution in [0.25, 0.3) is 0 Å². The first-order chi connectivity index (χ1) is 8.83. The van der Waals surface area contributed by atoms with Gasteiger partial charge in [0.25, 0.3) is 0 Å². The highest BCUT2D eigenvalue weighted by Crippen LogP contribution is 2.30. The third-order valence-corrected chi connectivity index (χ3v) is 5.12. The molecule has 106 valence electrons. The Morgan fingerprint density at radius 1 is 1.00 bits per heavy atom. The normalized spacial score (nSPS) is 35.3. The molecule has 2 nitrogen and oxygen atoms in total. The molecule has 0 bridgehead atoms. The van der Waals surface area contributed by atoms with Crippen LogP contribution in [0.15, 0.2) is 0 Å². The second-order valence-electron chi connectivity index (χ2n) is 6.35. The van der Waals surface area contributed by atoms with Crippen molar-refractivity contribution >= 4 is 0 Å². The van der Waals surface area contributed by atoms with Gasteiger partial charge in [-0.3, -0.25) is 4.90 Å². The molecule has 2 aliphatic rings. The van der Waals surface area contributed by atoms with Crippen LogP contribution in [0.1, 0.15) is 65.2 Å². The van der Waals surface area contributed by atoms with Crippen molar-refractivity contribution in [1.82, 2.24) is 10.2 Å². The zero-order chi connectivity index (χ0) is 12.8. The zero-order valence-corrected chi connectivity index (χ0v) is 12.5. The number of nitrogens with zero attached hydrogens (tertiary/aromatic N) is 1. The molecule has 0 amide bonds. The van der Waals surface area contributed by atoms with Crippen LogP contribution < -0.4 is 5.32 Å². The van der Waals surface area contributed by atoms with Crippen molar-refractivity contribution in [3.63, 3.8) is 0 Å². The third-order valence-electron chi connectivity index (χ3n) is 5.12. The fourth-order valence-electron chi connectivity index (χ4n) is 3.87. The van der Waals surface area contributed by atoms with Crippen molar-refractivity contribution in [3.8, 4) is 0 Å². The molecule has 1 N–H and O–H groups in total. The highest BCUT2D eigenvalue weighted by molar-refractivity contribution is 4.83. The first kappa shape index (κ1) is 14.3. The fourth-order valence-corrected chi connectivity index (χ4v) is 3.87. The fraction of sp³-hybridized carbons (Fsp3) is 1.00. The van der Waals surface area contributed by atoms with Gasteiger partial charge in [0, 0.05) is 25.2 Å². The van der Waals surface area contributed by atoms with Gasteiger partial charge in [-0.05, 0) is 51.0 Å². The van der Waals surface area contributed by atoms with Gasteiger partial charge in [-0.2, -0.15) is 0 Å². The maximum Gasteiger partial charge on any atom is 0.0110 e. The zero-order valence-electron chi connectivity index (χ0n) is 12.5. The first-order valence-electron chi connectivity index (χ1n) is 8.30. The van der Waals surface area contributed by atoms with Gasteiger partial charge in [0.05, 0.1) is 0 Å². The Balaban J connectivity index is 1.75. The second kappa shape index (κ2) is 7.49. The molecule has 2 fully saturated rings. The molecular formula is C16H32N2. The number of nitrogens with one attached hydrogen (secondary N) is 1. The highest BCUT2D eigenvalue weighted by atomic mass is 15.2. The SMILES string of the molecule is CCCC1CCC(N2CCNC(CC)CC2)CC1. The number of rotatable bonds is 4. The van der Waals surface area contributed by atoms with Gasteiger partial charge < -0.3 is 5.32 Å². The minimum atomic E-state index is 0.770. The second-order valence-corrected chi connectivity index (χ2v) is 6.35. The summed E-state index contributed by atoms with van der Waals surface area (Å²) in [4.78, 5) is 2.78. The molecule has 0 spiro atoms. The van der Waals surface area contributed by atoms with Crippen molar-refractivity contribution in [3.05, 3.63) is 0 Å². The van der Waals surface area contributed by atoms with Crippen molar-refractivity contribution in [2.24, 2.45) is 5.92 Å². The lowest BCUT2D eigenvalue weighted by molar-refractivity contribution is 0.140. The highest BCUT2D eigenvalue weighted by Gasteiger charge is 2.26. The van der Waals surface area contributed by atoms with E-state index in [4.69, 9.17) is 0 Å². The lowest BCUT2D eigenvalue weighted by Gasteiger charge is -2.36. The molecule has 1 atom stereocenters. The molecule has 2 rings (SSSR count). The average Bonchev–Trinajstić information content (AvgIpc) is 2.65. The molecule has 18 heavy (non-hydrogen) atoms. The molecule has 1 saturated carbocycles. The minimum Gasteiger partial charge on any atom is -0.313 e. The van der Waals surface area contributed by atoms with Gasteiger partial charge in [0.1, 0.15) is 0 Å². The van der Waals surface area contributed by atoms with Gasteiger partial charge in [0.2, 0.25) is 0 Å². The summed E-state index contributed by atoms with van der Waals surface area (Å²) in [6.45, 7) is 8.45. The number of hydrogen-bond donors (Lipinski definition) is 1. The molecule has 0 aromatic heterocycles. The van der Waals surface area contributed by atoms with Gasteiger partial charge >= 0.3 is 0 Å². The average molecular weight is 252 g/mol. The Bertz CT molecular complexity index is 221. The van der Waals surface area contributed by atoms with E-state index in [0.29, 0.717) is 0 Å². The topological polar surface area (TPSA) is 15.3 Å². The van der Waals surface area contributed by atoms with Crippen LogP contribution in [-0.4, -0.2) is 36.6 Å². The summed E-state index contributed by atoms with van der Waals surface area (Å²) in [6, 6.07) is 1.67. The molecule has 0 radical (unpaired) electrons. The minimum absolute atomic E-state index is 0.770. The Morgan fingerprint density at radius 2 is 1.78 bits per heavy atom. The summed E-state index contributed by atoms with van der Waals surface area (Å²) in [6.07, 6.45) is 11.4. The smallest absolute Gasteiger partial charge is 0.0110 e. The van der Waals surface area contributed by atoms with Crippen LogP contribution in [0.4, 0.5) is 0 Å². The Labute approximate surface area is 114 Å². The molecule has 1 aliphatic carbocycles. The van der Waals surface area contributed by atoms with Gasteiger partial charge in [-0.1, -0.05) is 26.7 Å². The van der Waals surface area contributed by atoms with E-state index >= 15 is 0 Å². The van der Waals surface area contributed by atoms with Gasteiger partial charge in [-0.25, -0.2) is 0 Å². The summed E-state index contributed by atoms with van der Waals surface area (Å²) in [5, 5.41) is 3.69. The molecular weight excluding hydrogens is 220 g/mol. The summed E-state index contributed by atoms with van der Waals surface area (Å²) in [7, 11) is 0. The number of hydrogen-bond acceptors (Lipinski definition) is 2. The molecule has 1 heterocycles. The maximum absolute atomic E-state index is 3.69. The van der Waals surface area contributed by atoms with E-state index in [-0.39, 0.29) is 0 Å². The van der Waals surface area contributed by atoms with E-state index in [1.54, 1.807) is 0 Å². The maximum atomic E-state index is 3.69. The molecule has 1 aliphatic heterocycles. The Morgan fingerprint density at radius 3 is 2.44 bits per heavy atom. The van der Waals surface area contributed by atoms with Crippen molar-refractivity contribution < 1.29 is 0 Å². The van der Waals surface area contributed by atoms with Crippen LogP contribution in [0.3, 0.4) is 0 Å². The van der Waals surface area contributed by atoms with Gasteiger partial charge in [-0.15, -0.1) is 0 Å². The van der Waals surface area contributed by atoms with E-state index in [1.165, 1.54) is 71.0 Å². The van der Waals surface area contributed by atoms with Crippen molar-refractivity contribution in [1.29, 1.82) is 0 Å². The molecule has 0 aromatic carbocycles. The standard InChI is InChI=1S/C16H32N2/c1-3-5-14-6-8-16(9-7-14)18-12-10-15(4-2)17-11-13-18/h14-17H,3-13H2,1-2H3. The predicted octanol–water partition coefficient (Wildman–Crippen LogP) is 3.42. The van der Waals surface area contributed by atoms with Crippen LogP contribution in [0, 0.1) is 5.92 Å². The van der Waals surface area contributed by atoms with Crippen molar-refractivity contribution in [2.45, 2.75) is 77.3 Å². The molecule has 1 unspecified atom stereocenters. The quantitative estimate of drug-likeness (QED) is 0.825. The van der Waals surface area contributed by atoms with Crippen LogP contribution in [0.2, 0.25) is 0 Å². The van der Waals surface area contributed by atoms with Crippen LogP contribution in [-0.2, 0) is 0 Å². The first-order valence-corrected chi connectivity index (χ1v) is 8.30. The lowest BCUT2D eigenvalue weighted by atomic mass is 9.83. The predicted molar refractivity (Wildman–Crippen MR) is 78.9 cm³/mol. The summed E-state index contributed by atoms with van der Waals surface area (Å²) >= 11 is 0. The third kappa shape index (κ3) is 3.96. The van der Waals surface area contributed by atoms with Gasteiger partial charge in [0.15, 0.2) is 0 Å². The Hall–Kier alpha value is -0.0800. The van der Waals surface area contributed by atoms with Crippen molar-refractivity contribution in [2.75, 3.05) is 19.6 Å². The molecule has 2 heteroatoms. The summed E-state index contributed by atoms with van der Waals surface area (Å²) in [5.74, 6) is 1.04. The largest absolute Gasteiger partial charge is 0.313 e. The lowest BCUT2D eigenvalue weighted by Crippen LogP contribution is -2.40. The van der Waals surface area contributed by atoms with Crippen LogP contribution in [0.5, 0.6) is 0 Å². The summed E-state index contributed by atoms with van der Waals surface area (Å²) < 4.78 is 0. The monoisotopic (exact) mass is 252 g/mol. The Kier molecular flexibility index (Phi) is 5.97. The summed E-state index contributed by atoms with van der Waals surface area (Å²) in [5.41, 5.74) is 0. The molecule has 1 saturated heterocycles. The van der Waals surface area contributed by atoms with Crippen LogP contribution >= 0.6 is 0 Å². The molecule has 0 aromatic rings. The van der Waals surface area contributed by atoms with E-state index in [9.17, 15) is 0 Å². The van der Waals surface area contributed by atoms with E-state index in [1.807, 2.05) is 0 Å². The van der Waals surface area contributed by atoms with E-state index in [2.05, 4.69) is 24.1 Å². The van der Waals surface area contributed by atoms with E-state index < -0.39 is 0 Å².